The molecule has 0 aliphatic rings. The second kappa shape index (κ2) is 3.53. The van der Waals surface area contributed by atoms with Crippen LogP contribution in [0.25, 0.3) is 11.3 Å². The number of aromatic carboxylic acids is 1. The molecule has 0 aliphatic heterocycles. The van der Waals surface area contributed by atoms with E-state index in [9.17, 15) is 9.18 Å². The summed E-state index contributed by atoms with van der Waals surface area (Å²) >= 11 is 0. The minimum atomic E-state index is -1.23. The molecule has 1 heterocycles. The summed E-state index contributed by atoms with van der Waals surface area (Å²) in [5.74, 6) is -1.97. The standard InChI is InChI=1S/C10H6FNO3/c11-7-3-1-2-6(4-7)8-9(10(13)14)15-5-12-8/h1-5H,(H,13,14). The zero-order valence-electron chi connectivity index (χ0n) is 7.48. The van der Waals surface area contributed by atoms with Gasteiger partial charge in [-0.25, -0.2) is 14.2 Å². The SMILES string of the molecule is O=C(O)c1ocnc1-c1cccc(F)c1. The number of oxazole rings is 1. The van der Waals surface area contributed by atoms with E-state index in [-0.39, 0.29) is 11.5 Å². The zero-order valence-corrected chi connectivity index (χ0v) is 7.48. The first-order chi connectivity index (χ1) is 7.18. The van der Waals surface area contributed by atoms with Crippen LogP contribution in [0.5, 0.6) is 0 Å². The van der Waals surface area contributed by atoms with E-state index in [1.165, 1.54) is 18.2 Å². The molecule has 4 nitrogen and oxygen atoms in total. The van der Waals surface area contributed by atoms with Crippen molar-refractivity contribution in [2.75, 3.05) is 0 Å². The van der Waals surface area contributed by atoms with Gasteiger partial charge < -0.3 is 9.52 Å². The minimum absolute atomic E-state index is 0.127. The van der Waals surface area contributed by atoms with Crippen molar-refractivity contribution in [3.63, 3.8) is 0 Å². The quantitative estimate of drug-likeness (QED) is 0.819. The lowest BCUT2D eigenvalue weighted by Gasteiger charge is -1.97. The van der Waals surface area contributed by atoms with Crippen LogP contribution in [0.3, 0.4) is 0 Å². The molecule has 5 heteroatoms. The van der Waals surface area contributed by atoms with Gasteiger partial charge in [0.15, 0.2) is 6.39 Å². The molecule has 2 aromatic rings. The summed E-state index contributed by atoms with van der Waals surface area (Å²) in [7, 11) is 0. The largest absolute Gasteiger partial charge is 0.475 e. The fourth-order valence-corrected chi connectivity index (χ4v) is 1.24. The van der Waals surface area contributed by atoms with E-state index < -0.39 is 11.8 Å². The molecule has 0 saturated carbocycles. The highest BCUT2D eigenvalue weighted by atomic mass is 19.1. The van der Waals surface area contributed by atoms with Crippen molar-refractivity contribution in [1.82, 2.24) is 4.98 Å². The summed E-state index contributed by atoms with van der Waals surface area (Å²) in [6.45, 7) is 0. The Hall–Kier alpha value is -2.17. The molecule has 15 heavy (non-hydrogen) atoms. The second-order valence-electron chi connectivity index (χ2n) is 2.85. The van der Waals surface area contributed by atoms with Gasteiger partial charge in [-0.05, 0) is 12.1 Å². The first-order valence-corrected chi connectivity index (χ1v) is 4.11. The van der Waals surface area contributed by atoms with E-state index in [0.717, 1.165) is 6.39 Å². The van der Waals surface area contributed by atoms with Crippen LogP contribution in [-0.4, -0.2) is 16.1 Å². The highest BCUT2D eigenvalue weighted by molar-refractivity contribution is 5.91. The first kappa shape index (κ1) is 9.39. The maximum Gasteiger partial charge on any atom is 0.374 e. The molecule has 0 fully saturated rings. The smallest absolute Gasteiger partial charge is 0.374 e. The fourth-order valence-electron chi connectivity index (χ4n) is 1.24. The Morgan fingerprint density at radius 3 is 2.93 bits per heavy atom. The fraction of sp³-hybridized carbons (Fsp3) is 0. The molecule has 0 amide bonds. The summed E-state index contributed by atoms with van der Waals surface area (Å²) in [5.41, 5.74) is 0.503. The lowest BCUT2D eigenvalue weighted by Crippen LogP contribution is -1.96. The van der Waals surface area contributed by atoms with Gasteiger partial charge in [0.1, 0.15) is 11.5 Å². The Morgan fingerprint density at radius 1 is 1.47 bits per heavy atom. The van der Waals surface area contributed by atoms with E-state index in [2.05, 4.69) is 9.40 Å². The Labute approximate surface area is 84.0 Å². The molecule has 0 unspecified atom stereocenters. The number of aromatic nitrogens is 1. The van der Waals surface area contributed by atoms with Gasteiger partial charge in [0.25, 0.3) is 0 Å². The zero-order chi connectivity index (χ0) is 10.8. The predicted octanol–water partition coefficient (Wildman–Crippen LogP) is 2.18. The van der Waals surface area contributed by atoms with Gasteiger partial charge >= 0.3 is 5.97 Å². The molecular formula is C10H6FNO3. The molecule has 2 rings (SSSR count). The monoisotopic (exact) mass is 207 g/mol. The van der Waals surface area contributed by atoms with Crippen molar-refractivity contribution in [2.24, 2.45) is 0 Å². The van der Waals surface area contributed by atoms with E-state index in [1.54, 1.807) is 6.07 Å². The predicted molar refractivity (Wildman–Crippen MR) is 48.9 cm³/mol. The Morgan fingerprint density at radius 2 is 2.27 bits per heavy atom. The lowest BCUT2D eigenvalue weighted by molar-refractivity contribution is 0.0663. The molecule has 1 aromatic carbocycles. The molecular weight excluding hydrogens is 201 g/mol. The number of carboxylic acids is 1. The van der Waals surface area contributed by atoms with Crippen molar-refractivity contribution in [1.29, 1.82) is 0 Å². The van der Waals surface area contributed by atoms with Crippen molar-refractivity contribution in [3.8, 4) is 11.3 Å². The van der Waals surface area contributed by atoms with E-state index in [1.807, 2.05) is 0 Å². The van der Waals surface area contributed by atoms with E-state index >= 15 is 0 Å². The van der Waals surface area contributed by atoms with Crippen LogP contribution in [-0.2, 0) is 0 Å². The van der Waals surface area contributed by atoms with Crippen molar-refractivity contribution < 1.29 is 18.7 Å². The van der Waals surface area contributed by atoms with E-state index in [0.29, 0.717) is 5.56 Å². The molecule has 0 aliphatic carbocycles. The summed E-state index contributed by atoms with van der Waals surface area (Å²) in [5, 5.41) is 8.76. The average Bonchev–Trinajstić information content (AvgIpc) is 2.65. The van der Waals surface area contributed by atoms with Crippen LogP contribution in [0.4, 0.5) is 4.39 Å². The van der Waals surface area contributed by atoms with Gasteiger partial charge in [-0.2, -0.15) is 0 Å². The number of carboxylic acid groups (broad SMARTS) is 1. The van der Waals surface area contributed by atoms with Crippen LogP contribution in [0, 0.1) is 5.82 Å². The van der Waals surface area contributed by atoms with Gasteiger partial charge in [0, 0.05) is 5.56 Å². The van der Waals surface area contributed by atoms with Gasteiger partial charge in [-0.1, -0.05) is 12.1 Å². The molecule has 1 N–H and O–H groups in total. The van der Waals surface area contributed by atoms with Crippen LogP contribution in [0.2, 0.25) is 0 Å². The number of rotatable bonds is 2. The number of benzene rings is 1. The molecule has 0 atom stereocenters. The number of halogens is 1. The van der Waals surface area contributed by atoms with Crippen molar-refractivity contribution in [3.05, 3.63) is 42.2 Å². The summed E-state index contributed by atoms with van der Waals surface area (Å²) in [4.78, 5) is 14.4. The topological polar surface area (TPSA) is 63.3 Å². The van der Waals surface area contributed by atoms with Crippen LogP contribution >= 0.6 is 0 Å². The van der Waals surface area contributed by atoms with Crippen LogP contribution in [0.15, 0.2) is 35.1 Å². The Balaban J connectivity index is 2.54. The molecule has 76 valence electrons. The van der Waals surface area contributed by atoms with Crippen LogP contribution < -0.4 is 0 Å². The minimum Gasteiger partial charge on any atom is -0.475 e. The van der Waals surface area contributed by atoms with Gasteiger partial charge in [-0.3, -0.25) is 0 Å². The first-order valence-electron chi connectivity index (χ1n) is 4.11. The summed E-state index contributed by atoms with van der Waals surface area (Å²) in [6.07, 6.45) is 1.02. The van der Waals surface area contributed by atoms with Gasteiger partial charge in [0.2, 0.25) is 5.76 Å². The Kier molecular flexibility index (Phi) is 2.21. The normalized spacial score (nSPS) is 10.2. The molecule has 0 bridgehead atoms. The maximum absolute atomic E-state index is 12.9. The van der Waals surface area contributed by atoms with E-state index in [4.69, 9.17) is 5.11 Å². The third kappa shape index (κ3) is 1.71. The third-order valence-electron chi connectivity index (χ3n) is 1.86. The average molecular weight is 207 g/mol. The Bertz CT molecular complexity index is 507. The highest BCUT2D eigenvalue weighted by Crippen LogP contribution is 2.22. The van der Waals surface area contributed by atoms with Crippen LogP contribution in [0.1, 0.15) is 10.6 Å². The second-order valence-corrected chi connectivity index (χ2v) is 2.85. The van der Waals surface area contributed by atoms with Gasteiger partial charge in [-0.15, -0.1) is 0 Å². The number of hydrogen-bond donors (Lipinski definition) is 1. The highest BCUT2D eigenvalue weighted by Gasteiger charge is 2.17. The van der Waals surface area contributed by atoms with Gasteiger partial charge in [0.05, 0.1) is 0 Å². The number of nitrogens with zero attached hydrogens (tertiary/aromatic N) is 1. The van der Waals surface area contributed by atoms with Crippen molar-refractivity contribution in [2.45, 2.75) is 0 Å². The summed E-state index contributed by atoms with van der Waals surface area (Å²) in [6, 6.07) is 5.51. The molecule has 0 spiro atoms. The van der Waals surface area contributed by atoms with Crippen molar-refractivity contribution >= 4 is 5.97 Å². The third-order valence-corrected chi connectivity index (χ3v) is 1.86. The molecule has 1 aromatic heterocycles. The molecule has 0 radical (unpaired) electrons. The number of hydrogen-bond acceptors (Lipinski definition) is 3. The maximum atomic E-state index is 12.9. The lowest BCUT2D eigenvalue weighted by atomic mass is 10.1. The summed E-state index contributed by atoms with van der Waals surface area (Å²) < 4.78 is 17.6. The molecule has 0 saturated heterocycles. The number of carbonyl (C=O) groups is 1.